The van der Waals surface area contributed by atoms with Crippen molar-refractivity contribution < 1.29 is 28.6 Å². The number of nitrogens with zero attached hydrogens (tertiary/aromatic N) is 2. The van der Waals surface area contributed by atoms with Gasteiger partial charge in [-0.05, 0) is 55.0 Å². The van der Waals surface area contributed by atoms with E-state index in [-0.39, 0.29) is 25.5 Å². The topological polar surface area (TPSA) is 97.4 Å². The van der Waals surface area contributed by atoms with Crippen molar-refractivity contribution in [1.82, 2.24) is 4.90 Å². The monoisotopic (exact) mass is 455 g/mol. The van der Waals surface area contributed by atoms with E-state index in [2.05, 4.69) is 5.32 Å². The molecule has 1 aliphatic rings. The molecule has 9 nitrogen and oxygen atoms in total. The van der Waals surface area contributed by atoms with E-state index in [0.717, 1.165) is 11.3 Å². The average molecular weight is 456 g/mol. The van der Waals surface area contributed by atoms with Gasteiger partial charge in [-0.25, -0.2) is 9.69 Å². The van der Waals surface area contributed by atoms with Crippen LogP contribution in [0.15, 0.2) is 48.5 Å². The summed E-state index contributed by atoms with van der Waals surface area (Å²) in [7, 11) is 3.05. The molecule has 0 aromatic heterocycles. The molecule has 2 aromatic carbocycles. The lowest BCUT2D eigenvalue weighted by atomic mass is 10.1. The van der Waals surface area contributed by atoms with E-state index in [4.69, 9.17) is 14.2 Å². The number of hydrogen-bond donors (Lipinski definition) is 1. The number of hydrogen-bond acceptors (Lipinski definition) is 6. The smallest absolute Gasteiger partial charge is 0.332 e. The fraction of sp³-hybridized carbons (Fsp3) is 0.375. The molecule has 0 radical (unpaired) electrons. The normalized spacial score (nSPS) is 15.7. The number of rotatable bonds is 11. The molecule has 1 heterocycles. The Balaban J connectivity index is 1.72. The highest BCUT2D eigenvalue weighted by molar-refractivity contribution is 6.22. The van der Waals surface area contributed by atoms with Crippen molar-refractivity contribution in [3.8, 4) is 11.5 Å². The zero-order valence-electron chi connectivity index (χ0n) is 19.1. The van der Waals surface area contributed by atoms with Crippen LogP contribution in [-0.2, 0) is 14.3 Å². The maximum Gasteiger partial charge on any atom is 0.332 e. The second-order valence-corrected chi connectivity index (χ2v) is 7.48. The van der Waals surface area contributed by atoms with Crippen LogP contribution >= 0.6 is 0 Å². The maximum absolute atomic E-state index is 13.2. The van der Waals surface area contributed by atoms with Gasteiger partial charge in [0.25, 0.3) is 5.91 Å². The van der Waals surface area contributed by atoms with Crippen LogP contribution in [0.4, 0.5) is 16.2 Å². The van der Waals surface area contributed by atoms with E-state index in [1.165, 1.54) is 19.1 Å². The van der Waals surface area contributed by atoms with E-state index in [9.17, 15) is 14.4 Å². The van der Waals surface area contributed by atoms with Crippen molar-refractivity contribution in [2.75, 3.05) is 44.2 Å². The molecule has 9 heteroatoms. The number of imide groups is 1. The van der Waals surface area contributed by atoms with Crippen LogP contribution in [0.5, 0.6) is 11.5 Å². The number of nitrogens with one attached hydrogen (secondary N) is 1. The zero-order chi connectivity index (χ0) is 23.8. The molecular weight excluding hydrogens is 426 g/mol. The summed E-state index contributed by atoms with van der Waals surface area (Å²) in [6.45, 7) is 3.07. The van der Waals surface area contributed by atoms with Crippen LogP contribution < -0.4 is 19.7 Å². The van der Waals surface area contributed by atoms with Crippen molar-refractivity contribution in [2.45, 2.75) is 25.8 Å². The molecule has 2 aromatic rings. The molecule has 1 saturated heterocycles. The van der Waals surface area contributed by atoms with Crippen LogP contribution in [0.25, 0.3) is 0 Å². The number of carbonyl (C=O) groups excluding carboxylic acids is 3. The lowest BCUT2D eigenvalue weighted by molar-refractivity contribution is -0.124. The molecule has 176 valence electrons. The van der Waals surface area contributed by atoms with Crippen molar-refractivity contribution in [1.29, 1.82) is 0 Å². The summed E-state index contributed by atoms with van der Waals surface area (Å²) in [5.74, 6) is 0.491. The highest BCUT2D eigenvalue weighted by Gasteiger charge is 2.46. The molecule has 1 N–H and O–H groups in total. The van der Waals surface area contributed by atoms with E-state index in [1.807, 2.05) is 6.92 Å². The van der Waals surface area contributed by atoms with Crippen LogP contribution in [0.2, 0.25) is 0 Å². The predicted octanol–water partition coefficient (Wildman–Crippen LogP) is 3.30. The van der Waals surface area contributed by atoms with Crippen LogP contribution in [0.3, 0.4) is 0 Å². The van der Waals surface area contributed by atoms with Crippen molar-refractivity contribution >= 4 is 29.2 Å². The summed E-state index contributed by atoms with van der Waals surface area (Å²) in [4.78, 5) is 41.4. The molecule has 33 heavy (non-hydrogen) atoms. The lowest BCUT2D eigenvalue weighted by Crippen LogP contribution is -2.39. The van der Waals surface area contributed by atoms with Crippen molar-refractivity contribution in [2.24, 2.45) is 0 Å². The Labute approximate surface area is 193 Å². The van der Waals surface area contributed by atoms with E-state index in [0.29, 0.717) is 29.5 Å². The molecule has 0 bridgehead atoms. The van der Waals surface area contributed by atoms with Crippen molar-refractivity contribution in [3.05, 3.63) is 48.5 Å². The van der Waals surface area contributed by atoms with Gasteiger partial charge in [-0.2, -0.15) is 0 Å². The van der Waals surface area contributed by atoms with Gasteiger partial charge >= 0.3 is 6.03 Å². The van der Waals surface area contributed by atoms with Gasteiger partial charge in [-0.15, -0.1) is 0 Å². The van der Waals surface area contributed by atoms with Gasteiger partial charge in [0, 0.05) is 19.3 Å². The Morgan fingerprint density at radius 1 is 0.970 bits per heavy atom. The van der Waals surface area contributed by atoms with Gasteiger partial charge in [-0.1, -0.05) is 6.92 Å². The lowest BCUT2D eigenvalue weighted by Gasteiger charge is -2.21. The molecule has 0 spiro atoms. The Morgan fingerprint density at radius 3 is 2.24 bits per heavy atom. The third-order valence-electron chi connectivity index (χ3n) is 5.18. The first-order chi connectivity index (χ1) is 16.0. The molecule has 1 atom stereocenters. The first-order valence-corrected chi connectivity index (χ1v) is 10.8. The van der Waals surface area contributed by atoms with E-state index >= 15 is 0 Å². The van der Waals surface area contributed by atoms with Crippen molar-refractivity contribution in [3.63, 3.8) is 0 Å². The highest BCUT2D eigenvalue weighted by atomic mass is 16.5. The highest BCUT2D eigenvalue weighted by Crippen LogP contribution is 2.28. The Kier molecular flexibility index (Phi) is 8.26. The van der Waals surface area contributed by atoms with Crippen LogP contribution in [0, 0.1) is 0 Å². The Bertz CT molecular complexity index is 961. The second-order valence-electron chi connectivity index (χ2n) is 7.48. The molecule has 1 aliphatic heterocycles. The van der Waals surface area contributed by atoms with Gasteiger partial charge in [0.05, 0.1) is 32.4 Å². The number of carbonyl (C=O) groups is 3. The van der Waals surface area contributed by atoms with Gasteiger partial charge < -0.3 is 24.4 Å². The summed E-state index contributed by atoms with van der Waals surface area (Å²) in [6, 6.07) is 12.2. The quantitative estimate of drug-likeness (QED) is 0.522. The summed E-state index contributed by atoms with van der Waals surface area (Å²) >= 11 is 0. The molecule has 0 unspecified atom stereocenters. The third kappa shape index (κ3) is 5.81. The fourth-order valence-corrected chi connectivity index (χ4v) is 3.49. The largest absolute Gasteiger partial charge is 0.497 e. The third-order valence-corrected chi connectivity index (χ3v) is 5.18. The SMILES string of the molecule is CCCOc1ccc(NC(=O)C[C@H]2C(=O)N(c3ccc(OC)cc3)C(=O)N2CCOC)cc1. The van der Waals surface area contributed by atoms with Crippen LogP contribution in [-0.4, -0.2) is 62.8 Å². The Morgan fingerprint density at radius 2 is 1.64 bits per heavy atom. The molecule has 3 rings (SSSR count). The summed E-state index contributed by atoms with van der Waals surface area (Å²) < 4.78 is 15.8. The summed E-state index contributed by atoms with van der Waals surface area (Å²) in [5, 5.41) is 2.78. The average Bonchev–Trinajstić information content (AvgIpc) is 3.05. The van der Waals surface area contributed by atoms with Gasteiger partial charge in [0.2, 0.25) is 5.91 Å². The summed E-state index contributed by atoms with van der Waals surface area (Å²) in [5.41, 5.74) is 0.995. The maximum atomic E-state index is 13.2. The number of ether oxygens (including phenoxy) is 3. The molecular formula is C24H29N3O6. The van der Waals surface area contributed by atoms with Gasteiger partial charge in [0.1, 0.15) is 17.5 Å². The minimum Gasteiger partial charge on any atom is -0.497 e. The molecule has 1 fully saturated rings. The number of anilines is 2. The minimum atomic E-state index is -0.929. The number of amides is 4. The molecule has 0 aliphatic carbocycles. The minimum absolute atomic E-state index is 0.172. The fourth-order valence-electron chi connectivity index (χ4n) is 3.49. The predicted molar refractivity (Wildman–Crippen MR) is 124 cm³/mol. The zero-order valence-corrected chi connectivity index (χ0v) is 19.1. The summed E-state index contributed by atoms with van der Waals surface area (Å²) in [6.07, 6.45) is 0.731. The molecule has 4 amide bonds. The number of methoxy groups -OCH3 is 2. The van der Waals surface area contributed by atoms with Gasteiger partial charge in [0.15, 0.2) is 0 Å². The first kappa shape index (κ1) is 24.1. The number of urea groups is 1. The molecule has 0 saturated carbocycles. The number of benzene rings is 2. The Hall–Kier alpha value is -3.59. The first-order valence-electron chi connectivity index (χ1n) is 10.8. The van der Waals surface area contributed by atoms with E-state index < -0.39 is 18.0 Å². The standard InChI is InChI=1S/C24H29N3O6/c1-4-14-33-20-9-5-17(6-10-20)25-22(28)16-21-23(29)27(24(30)26(21)13-15-31-2)18-7-11-19(32-3)12-8-18/h5-12,21H,4,13-16H2,1-3H3,(H,25,28)/t21-/m0/s1. The second kappa shape index (κ2) is 11.3. The van der Waals surface area contributed by atoms with Gasteiger partial charge in [-0.3, -0.25) is 9.59 Å². The van der Waals surface area contributed by atoms with E-state index in [1.54, 1.807) is 48.5 Å². The van der Waals surface area contributed by atoms with Crippen LogP contribution in [0.1, 0.15) is 19.8 Å².